The second-order valence-electron chi connectivity index (χ2n) is 7.52. The van der Waals surface area contributed by atoms with E-state index in [2.05, 4.69) is 20.3 Å². The molecule has 1 aliphatic heterocycles. The number of fused-ring (bicyclic) bond motifs is 1. The van der Waals surface area contributed by atoms with Crippen LogP contribution in [0, 0.1) is 0 Å². The maximum atomic E-state index is 12.5. The van der Waals surface area contributed by atoms with Crippen LogP contribution in [0.3, 0.4) is 0 Å². The number of hydrogen-bond acceptors (Lipinski definition) is 9. The van der Waals surface area contributed by atoms with Gasteiger partial charge in [0, 0.05) is 19.4 Å². The molecule has 1 amide bonds. The van der Waals surface area contributed by atoms with Crippen LogP contribution in [0.5, 0.6) is 0 Å². The van der Waals surface area contributed by atoms with Crippen LogP contribution >= 0.6 is 0 Å². The number of nitrogens with one attached hydrogen (secondary N) is 1. The predicted molar refractivity (Wildman–Crippen MR) is 115 cm³/mol. The molecule has 1 unspecified atom stereocenters. The summed E-state index contributed by atoms with van der Waals surface area (Å²) in [4.78, 5) is 48.1. The lowest BCUT2D eigenvalue weighted by molar-refractivity contribution is -0.191. The van der Waals surface area contributed by atoms with Gasteiger partial charge < -0.3 is 19.5 Å². The maximum Gasteiger partial charge on any atom is 0.302 e. The molecule has 3 heterocycles. The SMILES string of the molecule is CC(=O)OC[C@H]1OC(n2cnc3c(NC(=O)c4ccccc4)ncnc32)CC[C@@H]1OC(C)=O. The van der Waals surface area contributed by atoms with Crippen LogP contribution in [-0.2, 0) is 23.8 Å². The van der Waals surface area contributed by atoms with E-state index >= 15 is 0 Å². The molecule has 3 aromatic rings. The molecule has 1 saturated heterocycles. The van der Waals surface area contributed by atoms with E-state index < -0.39 is 30.4 Å². The molecular formula is C22H23N5O6. The first-order valence-corrected chi connectivity index (χ1v) is 10.4. The quantitative estimate of drug-likeness (QED) is 0.558. The summed E-state index contributed by atoms with van der Waals surface area (Å²) in [7, 11) is 0. The second kappa shape index (κ2) is 9.74. The van der Waals surface area contributed by atoms with E-state index in [4.69, 9.17) is 14.2 Å². The van der Waals surface area contributed by atoms with Crippen molar-refractivity contribution in [3.8, 4) is 0 Å². The lowest BCUT2D eigenvalue weighted by atomic mass is 10.0. The zero-order valence-electron chi connectivity index (χ0n) is 18.1. The van der Waals surface area contributed by atoms with Gasteiger partial charge in [-0.3, -0.25) is 19.0 Å². The molecule has 0 radical (unpaired) electrons. The normalized spacial score (nSPS) is 20.2. The van der Waals surface area contributed by atoms with Crippen LogP contribution in [-0.4, -0.2) is 56.2 Å². The lowest BCUT2D eigenvalue weighted by Gasteiger charge is -2.35. The molecular weight excluding hydrogens is 430 g/mol. The molecule has 0 spiro atoms. The molecule has 1 N–H and O–H groups in total. The first-order chi connectivity index (χ1) is 15.9. The largest absolute Gasteiger partial charge is 0.463 e. The third kappa shape index (κ3) is 5.14. The highest BCUT2D eigenvalue weighted by atomic mass is 16.6. The number of nitrogens with zero attached hydrogens (tertiary/aromatic N) is 4. The van der Waals surface area contributed by atoms with Gasteiger partial charge in [-0.2, -0.15) is 0 Å². The molecule has 0 aliphatic carbocycles. The van der Waals surface area contributed by atoms with Crippen molar-refractivity contribution < 1.29 is 28.6 Å². The fourth-order valence-electron chi connectivity index (χ4n) is 3.67. The second-order valence-corrected chi connectivity index (χ2v) is 7.52. The summed E-state index contributed by atoms with van der Waals surface area (Å²) >= 11 is 0. The number of carbonyl (C=O) groups is 3. The van der Waals surface area contributed by atoms with Crippen LogP contribution < -0.4 is 5.32 Å². The van der Waals surface area contributed by atoms with Crippen molar-refractivity contribution in [3.63, 3.8) is 0 Å². The van der Waals surface area contributed by atoms with E-state index in [1.807, 2.05) is 6.07 Å². The first-order valence-electron chi connectivity index (χ1n) is 10.4. The molecule has 1 aromatic carbocycles. The van der Waals surface area contributed by atoms with Gasteiger partial charge in [0.1, 0.15) is 31.4 Å². The van der Waals surface area contributed by atoms with Gasteiger partial charge in [0.15, 0.2) is 17.0 Å². The Hall–Kier alpha value is -3.86. The van der Waals surface area contributed by atoms with E-state index in [-0.39, 0.29) is 18.3 Å². The number of imidazole rings is 1. The topological polar surface area (TPSA) is 135 Å². The molecule has 172 valence electrons. The van der Waals surface area contributed by atoms with Crippen LogP contribution in [0.1, 0.15) is 43.3 Å². The van der Waals surface area contributed by atoms with E-state index in [0.717, 1.165) is 0 Å². The smallest absolute Gasteiger partial charge is 0.302 e. The monoisotopic (exact) mass is 453 g/mol. The molecule has 1 aliphatic rings. The average molecular weight is 453 g/mol. The van der Waals surface area contributed by atoms with Crippen molar-refractivity contribution in [1.29, 1.82) is 0 Å². The van der Waals surface area contributed by atoms with E-state index in [1.54, 1.807) is 35.2 Å². The van der Waals surface area contributed by atoms with Crippen LogP contribution in [0.2, 0.25) is 0 Å². The summed E-state index contributed by atoms with van der Waals surface area (Å²) in [6.07, 6.45) is 2.22. The number of rotatable bonds is 6. The Bertz CT molecular complexity index is 1160. The highest BCUT2D eigenvalue weighted by molar-refractivity contribution is 6.06. The Morgan fingerprint density at radius 3 is 2.61 bits per heavy atom. The number of hydrogen-bond donors (Lipinski definition) is 1. The number of aromatic nitrogens is 4. The molecule has 1 fully saturated rings. The van der Waals surface area contributed by atoms with Gasteiger partial charge in [0.05, 0.1) is 6.33 Å². The number of amides is 1. The summed E-state index contributed by atoms with van der Waals surface area (Å²) in [5, 5.41) is 2.77. The molecule has 33 heavy (non-hydrogen) atoms. The minimum atomic E-state index is -0.645. The zero-order chi connectivity index (χ0) is 23.4. The number of esters is 2. The number of ether oxygens (including phenoxy) is 3. The van der Waals surface area contributed by atoms with Crippen LogP contribution in [0.25, 0.3) is 11.2 Å². The molecule has 0 saturated carbocycles. The fourth-order valence-corrected chi connectivity index (χ4v) is 3.67. The molecule has 11 nitrogen and oxygen atoms in total. The minimum Gasteiger partial charge on any atom is -0.463 e. The van der Waals surface area contributed by atoms with Gasteiger partial charge in [-0.1, -0.05) is 18.2 Å². The zero-order valence-corrected chi connectivity index (χ0v) is 18.1. The molecule has 0 bridgehead atoms. The van der Waals surface area contributed by atoms with E-state index in [0.29, 0.717) is 29.6 Å². The average Bonchev–Trinajstić information content (AvgIpc) is 3.24. The van der Waals surface area contributed by atoms with Crippen molar-refractivity contribution in [1.82, 2.24) is 19.5 Å². The Balaban J connectivity index is 1.56. The Labute approximate surface area is 189 Å². The number of carbonyl (C=O) groups excluding carboxylic acids is 3. The van der Waals surface area contributed by atoms with Gasteiger partial charge in [0.2, 0.25) is 0 Å². The summed E-state index contributed by atoms with van der Waals surface area (Å²) in [5.41, 5.74) is 1.36. The molecule has 3 atom stereocenters. The summed E-state index contributed by atoms with van der Waals surface area (Å²) in [6.45, 7) is 2.57. The molecule has 4 rings (SSSR count). The van der Waals surface area contributed by atoms with Crippen molar-refractivity contribution >= 4 is 34.8 Å². The van der Waals surface area contributed by atoms with Gasteiger partial charge in [-0.25, -0.2) is 15.0 Å². The van der Waals surface area contributed by atoms with Crippen LogP contribution in [0.4, 0.5) is 5.82 Å². The van der Waals surface area contributed by atoms with Gasteiger partial charge >= 0.3 is 11.9 Å². The molecule has 11 heteroatoms. The van der Waals surface area contributed by atoms with E-state index in [9.17, 15) is 14.4 Å². The summed E-state index contributed by atoms with van der Waals surface area (Å²) in [6, 6.07) is 8.77. The summed E-state index contributed by atoms with van der Waals surface area (Å²) < 4.78 is 18.3. The van der Waals surface area contributed by atoms with Crippen molar-refractivity contribution in [2.24, 2.45) is 0 Å². The van der Waals surface area contributed by atoms with Crippen molar-refractivity contribution in [3.05, 3.63) is 48.5 Å². The highest BCUT2D eigenvalue weighted by Gasteiger charge is 2.36. The standard InChI is InChI=1S/C22H23N5O6/c1-13(28)31-10-17-16(32-14(2)29)8-9-18(33-17)27-12-25-19-20(23-11-24-21(19)27)26-22(30)15-6-4-3-5-7-15/h3-7,11-12,16-18H,8-10H2,1-2H3,(H,23,24,26,30)/t16-,17+,18?/m0/s1. The van der Waals surface area contributed by atoms with Crippen molar-refractivity contribution in [2.75, 3.05) is 11.9 Å². The number of benzene rings is 1. The minimum absolute atomic E-state index is 0.0518. The Kier molecular flexibility index (Phi) is 6.59. The predicted octanol–water partition coefficient (Wildman–Crippen LogP) is 2.25. The Morgan fingerprint density at radius 1 is 1.09 bits per heavy atom. The Morgan fingerprint density at radius 2 is 1.88 bits per heavy atom. The third-order valence-corrected chi connectivity index (χ3v) is 5.15. The fraction of sp³-hybridized carbons (Fsp3) is 0.364. The lowest BCUT2D eigenvalue weighted by Crippen LogP contribution is -2.43. The van der Waals surface area contributed by atoms with Gasteiger partial charge in [0.25, 0.3) is 5.91 Å². The van der Waals surface area contributed by atoms with Gasteiger partial charge in [-0.15, -0.1) is 0 Å². The maximum absolute atomic E-state index is 12.5. The highest BCUT2D eigenvalue weighted by Crippen LogP contribution is 2.32. The van der Waals surface area contributed by atoms with E-state index in [1.165, 1.54) is 20.2 Å². The van der Waals surface area contributed by atoms with Crippen LogP contribution in [0.15, 0.2) is 43.0 Å². The number of anilines is 1. The molecule has 2 aromatic heterocycles. The first kappa shape index (κ1) is 22.3. The summed E-state index contributed by atoms with van der Waals surface area (Å²) in [5.74, 6) is -0.932. The van der Waals surface area contributed by atoms with Gasteiger partial charge in [-0.05, 0) is 25.0 Å². The van der Waals surface area contributed by atoms with Crippen molar-refractivity contribution in [2.45, 2.75) is 45.1 Å². The third-order valence-electron chi connectivity index (χ3n) is 5.15.